The fourth-order valence-electron chi connectivity index (χ4n) is 3.11. The number of thioether (sulfide) groups is 1. The Hall–Kier alpha value is -1.38. The third kappa shape index (κ3) is 3.22. The lowest BCUT2D eigenvalue weighted by atomic mass is 10.1. The molecule has 0 saturated carbocycles. The first kappa shape index (κ1) is 17.4. The van der Waals surface area contributed by atoms with Gasteiger partial charge in [-0.2, -0.15) is 4.99 Å². The Balaban J connectivity index is 2.05. The minimum absolute atomic E-state index is 0.0850. The molecule has 0 bridgehead atoms. The molecule has 1 amide bonds. The van der Waals surface area contributed by atoms with Crippen LogP contribution in [0, 0.1) is 13.8 Å². The highest BCUT2D eigenvalue weighted by Gasteiger charge is 2.49. The van der Waals surface area contributed by atoms with Crippen molar-refractivity contribution in [3.05, 3.63) is 29.3 Å². The molecular formula is C16H20N2O4S2. The molecule has 2 aliphatic rings. The number of hydrogen-bond acceptors (Lipinski definition) is 5. The van der Waals surface area contributed by atoms with Crippen LogP contribution >= 0.6 is 11.8 Å². The van der Waals surface area contributed by atoms with E-state index in [1.165, 1.54) is 18.9 Å². The van der Waals surface area contributed by atoms with Crippen LogP contribution in [-0.4, -0.2) is 56.0 Å². The highest BCUT2D eigenvalue weighted by Crippen LogP contribution is 2.42. The maximum atomic E-state index is 12.0. The molecule has 2 heterocycles. The number of sulfone groups is 1. The number of benzene rings is 1. The van der Waals surface area contributed by atoms with E-state index in [-0.39, 0.29) is 35.3 Å². The summed E-state index contributed by atoms with van der Waals surface area (Å²) in [6, 6.07) is 5.72. The van der Waals surface area contributed by atoms with E-state index in [1.54, 1.807) is 0 Å². The van der Waals surface area contributed by atoms with Gasteiger partial charge in [0, 0.05) is 18.0 Å². The van der Waals surface area contributed by atoms with Gasteiger partial charge in [-0.15, -0.1) is 0 Å². The van der Waals surface area contributed by atoms with Crippen LogP contribution in [0.5, 0.6) is 0 Å². The lowest BCUT2D eigenvalue weighted by Gasteiger charge is -2.26. The molecule has 2 aliphatic heterocycles. The van der Waals surface area contributed by atoms with Crippen molar-refractivity contribution < 1.29 is 17.9 Å². The van der Waals surface area contributed by atoms with E-state index >= 15 is 0 Å². The van der Waals surface area contributed by atoms with Gasteiger partial charge < -0.3 is 9.64 Å². The first-order valence-electron chi connectivity index (χ1n) is 7.65. The molecule has 8 heteroatoms. The van der Waals surface area contributed by atoms with Crippen molar-refractivity contribution in [1.29, 1.82) is 0 Å². The Kier molecular flexibility index (Phi) is 4.72. The van der Waals surface area contributed by atoms with Crippen LogP contribution in [0.2, 0.25) is 0 Å². The maximum absolute atomic E-state index is 12.0. The molecule has 6 nitrogen and oxygen atoms in total. The number of rotatable bonds is 3. The smallest absolute Gasteiger partial charge is 0.274 e. The van der Waals surface area contributed by atoms with Crippen molar-refractivity contribution in [1.82, 2.24) is 0 Å². The molecule has 0 spiro atoms. The van der Waals surface area contributed by atoms with Crippen LogP contribution < -0.4 is 4.90 Å². The van der Waals surface area contributed by atoms with E-state index in [2.05, 4.69) is 4.99 Å². The van der Waals surface area contributed by atoms with E-state index in [0.29, 0.717) is 5.17 Å². The van der Waals surface area contributed by atoms with E-state index in [4.69, 9.17) is 4.74 Å². The van der Waals surface area contributed by atoms with Crippen LogP contribution in [0.25, 0.3) is 0 Å². The number of carbonyl (C=O) groups is 1. The topological polar surface area (TPSA) is 76.0 Å². The lowest BCUT2D eigenvalue weighted by Crippen LogP contribution is -2.38. The largest absolute Gasteiger partial charge is 0.375 e. The second-order valence-corrected chi connectivity index (χ2v) is 9.47. The number of carbonyl (C=O) groups excluding carboxylic acids is 1. The fraction of sp³-hybridized carbons (Fsp3) is 0.500. The molecule has 1 aromatic rings. The number of methoxy groups -OCH3 is 1. The maximum Gasteiger partial charge on any atom is 0.274 e. The quantitative estimate of drug-likeness (QED) is 0.806. The minimum Gasteiger partial charge on any atom is -0.375 e. The molecule has 0 unspecified atom stereocenters. The number of amidine groups is 1. The van der Waals surface area contributed by atoms with Crippen LogP contribution in [0.1, 0.15) is 11.1 Å². The summed E-state index contributed by atoms with van der Waals surface area (Å²) >= 11 is 1.38. The summed E-state index contributed by atoms with van der Waals surface area (Å²) in [7, 11) is -1.61. The molecule has 1 aromatic carbocycles. The fourth-order valence-corrected chi connectivity index (χ4v) is 7.03. The van der Waals surface area contributed by atoms with Gasteiger partial charge in [0.05, 0.1) is 17.5 Å². The van der Waals surface area contributed by atoms with Gasteiger partial charge in [0.25, 0.3) is 5.91 Å². The third-order valence-electron chi connectivity index (χ3n) is 4.39. The van der Waals surface area contributed by atoms with Gasteiger partial charge in [0.15, 0.2) is 15.0 Å². The Labute approximate surface area is 146 Å². The minimum atomic E-state index is -3.06. The van der Waals surface area contributed by atoms with Crippen LogP contribution in [0.4, 0.5) is 5.69 Å². The van der Waals surface area contributed by atoms with Gasteiger partial charge in [-0.25, -0.2) is 8.42 Å². The van der Waals surface area contributed by atoms with Crippen molar-refractivity contribution in [2.75, 3.05) is 30.1 Å². The first-order valence-corrected chi connectivity index (χ1v) is 10.4. The molecule has 130 valence electrons. The SMILES string of the molecule is COCC(=O)N=C1S[C@H]2CS(=O)(=O)C[C@@H]2N1c1cccc(C)c1C. The zero-order valence-corrected chi connectivity index (χ0v) is 15.5. The molecule has 24 heavy (non-hydrogen) atoms. The second kappa shape index (κ2) is 6.50. The van der Waals surface area contributed by atoms with E-state index in [0.717, 1.165) is 16.8 Å². The number of hydrogen-bond donors (Lipinski definition) is 0. The number of fused-ring (bicyclic) bond motifs is 1. The van der Waals surface area contributed by atoms with Crippen LogP contribution in [0.15, 0.2) is 23.2 Å². The summed E-state index contributed by atoms with van der Waals surface area (Å²) in [5.41, 5.74) is 3.09. The predicted octanol–water partition coefficient (Wildman–Crippen LogP) is 1.55. The van der Waals surface area contributed by atoms with Gasteiger partial charge in [-0.05, 0) is 31.0 Å². The first-order chi connectivity index (χ1) is 11.3. The monoisotopic (exact) mass is 368 g/mol. The van der Waals surface area contributed by atoms with Gasteiger partial charge in [-0.3, -0.25) is 4.79 Å². The normalized spacial score (nSPS) is 26.8. The summed E-state index contributed by atoms with van der Waals surface area (Å²) in [6.45, 7) is 3.93. The van der Waals surface area contributed by atoms with Gasteiger partial charge >= 0.3 is 0 Å². The standard InChI is InChI=1S/C16H20N2O4S2/c1-10-5-4-6-12(11(10)2)18-13-8-24(20,21)9-14(13)23-16(18)17-15(19)7-22-3/h4-6,13-14H,7-9H2,1-3H3/t13-,14-/m0/s1. The number of nitrogens with zero attached hydrogens (tertiary/aromatic N) is 2. The highest BCUT2D eigenvalue weighted by molar-refractivity contribution is 8.16. The number of anilines is 1. The average Bonchev–Trinajstić information content (AvgIpc) is 2.94. The molecule has 0 radical (unpaired) electrons. The Morgan fingerprint density at radius 3 is 2.83 bits per heavy atom. The van der Waals surface area contributed by atoms with Crippen molar-refractivity contribution in [2.45, 2.75) is 25.1 Å². The van der Waals surface area contributed by atoms with Crippen LogP contribution in [0.3, 0.4) is 0 Å². The van der Waals surface area contributed by atoms with Gasteiger partial charge in [0.1, 0.15) is 6.61 Å². The Morgan fingerprint density at radius 2 is 2.12 bits per heavy atom. The third-order valence-corrected chi connectivity index (χ3v) is 7.60. The lowest BCUT2D eigenvalue weighted by molar-refractivity contribution is -0.121. The summed E-state index contributed by atoms with van der Waals surface area (Å²) < 4.78 is 28.9. The molecule has 3 rings (SSSR count). The highest BCUT2D eigenvalue weighted by atomic mass is 32.2. The molecule has 2 fully saturated rings. The van der Waals surface area contributed by atoms with Crippen molar-refractivity contribution in [2.24, 2.45) is 4.99 Å². The molecule has 2 saturated heterocycles. The van der Waals surface area contributed by atoms with Crippen molar-refractivity contribution in [3.8, 4) is 0 Å². The van der Waals surface area contributed by atoms with Crippen LogP contribution in [-0.2, 0) is 19.4 Å². The number of amides is 1. The summed E-state index contributed by atoms with van der Waals surface area (Å²) in [5, 5.41) is 0.472. The summed E-state index contributed by atoms with van der Waals surface area (Å²) in [4.78, 5) is 18.0. The predicted molar refractivity (Wildman–Crippen MR) is 96.5 cm³/mol. The number of aryl methyl sites for hydroxylation is 1. The number of aliphatic imine (C=N–C) groups is 1. The molecule has 0 aliphatic carbocycles. The average molecular weight is 368 g/mol. The Morgan fingerprint density at radius 1 is 1.38 bits per heavy atom. The van der Waals surface area contributed by atoms with Crippen molar-refractivity contribution >= 4 is 38.4 Å². The van der Waals surface area contributed by atoms with Crippen molar-refractivity contribution in [3.63, 3.8) is 0 Å². The zero-order chi connectivity index (χ0) is 17.5. The summed E-state index contributed by atoms with van der Waals surface area (Å²) in [5.74, 6) is -0.144. The molecule has 0 N–H and O–H groups in total. The molecular weight excluding hydrogens is 348 g/mol. The Bertz CT molecular complexity index is 804. The van der Waals surface area contributed by atoms with E-state index in [9.17, 15) is 13.2 Å². The van der Waals surface area contributed by atoms with E-state index in [1.807, 2.05) is 36.9 Å². The van der Waals surface area contributed by atoms with Gasteiger partial charge in [0.2, 0.25) is 0 Å². The van der Waals surface area contributed by atoms with E-state index < -0.39 is 9.84 Å². The summed E-state index contributed by atoms with van der Waals surface area (Å²) in [6.07, 6.45) is 0. The zero-order valence-electron chi connectivity index (χ0n) is 13.9. The molecule has 2 atom stereocenters. The number of ether oxygens (including phenoxy) is 1. The van der Waals surface area contributed by atoms with Gasteiger partial charge in [-0.1, -0.05) is 23.9 Å². The second-order valence-electron chi connectivity index (χ2n) is 6.11. The molecule has 0 aromatic heterocycles.